The summed E-state index contributed by atoms with van der Waals surface area (Å²) >= 11 is 0. The molecular formula is C55H41N. The van der Waals surface area contributed by atoms with E-state index in [0.29, 0.717) is 0 Å². The summed E-state index contributed by atoms with van der Waals surface area (Å²) in [5, 5.41) is 2.63. The van der Waals surface area contributed by atoms with Crippen molar-refractivity contribution < 1.29 is 0 Å². The van der Waals surface area contributed by atoms with Crippen LogP contribution in [0.3, 0.4) is 0 Å². The third-order valence-electron chi connectivity index (χ3n) is 11.6. The maximum absolute atomic E-state index is 2.41. The Morgan fingerprint density at radius 1 is 0.339 bits per heavy atom. The number of fused-ring (bicyclic) bond motifs is 2. The highest BCUT2D eigenvalue weighted by atomic mass is 15.1. The fourth-order valence-electron chi connectivity index (χ4n) is 9.00. The Labute approximate surface area is 329 Å². The van der Waals surface area contributed by atoms with Crippen molar-refractivity contribution in [3.05, 3.63) is 223 Å². The van der Waals surface area contributed by atoms with E-state index < -0.39 is 0 Å². The van der Waals surface area contributed by atoms with Gasteiger partial charge in [0, 0.05) is 22.5 Å². The molecule has 1 nitrogen and oxygen atoms in total. The van der Waals surface area contributed by atoms with Crippen molar-refractivity contribution in [3.63, 3.8) is 0 Å². The van der Waals surface area contributed by atoms with Crippen LogP contribution in [0.4, 0.5) is 17.1 Å². The van der Waals surface area contributed by atoms with E-state index in [9.17, 15) is 0 Å². The minimum atomic E-state index is -0.239. The first-order valence-corrected chi connectivity index (χ1v) is 19.5. The molecule has 0 bridgehead atoms. The number of rotatable bonds is 7. The standard InChI is InChI=1S/C55H41N/c1-55(2)51-28-15-21-41-31-34-48(44-36-42(38-17-7-3-8-18-38)35-43(37-44)39-19-9-4-10-20-39)53(52(41)51)50-27-16-26-49(54(50)55)40-29-32-47(33-30-40)56(45-22-11-5-12-23-45)46-24-13-6-14-25-46/h3-37H,1-2H3. The Kier molecular flexibility index (Phi) is 8.23. The molecule has 9 aromatic rings. The fourth-order valence-corrected chi connectivity index (χ4v) is 9.00. The van der Waals surface area contributed by atoms with E-state index in [4.69, 9.17) is 0 Å². The second kappa shape index (κ2) is 13.7. The lowest BCUT2D eigenvalue weighted by molar-refractivity contribution is 0.647. The van der Waals surface area contributed by atoms with Crippen LogP contribution in [0.2, 0.25) is 0 Å². The number of nitrogens with zero attached hydrogens (tertiary/aromatic N) is 1. The van der Waals surface area contributed by atoms with Crippen LogP contribution in [0.1, 0.15) is 25.0 Å². The molecule has 0 saturated heterocycles. The fraction of sp³-hybridized carbons (Fsp3) is 0.0545. The van der Waals surface area contributed by atoms with Crippen LogP contribution in [0, 0.1) is 0 Å². The third-order valence-corrected chi connectivity index (χ3v) is 11.6. The highest BCUT2D eigenvalue weighted by molar-refractivity contribution is 6.10. The van der Waals surface area contributed by atoms with Crippen LogP contribution >= 0.6 is 0 Å². The normalized spacial score (nSPS) is 12.6. The molecule has 0 fully saturated rings. The predicted octanol–water partition coefficient (Wildman–Crippen LogP) is 15.3. The first kappa shape index (κ1) is 33.6. The summed E-state index contributed by atoms with van der Waals surface area (Å²) < 4.78 is 0. The molecular weight excluding hydrogens is 675 g/mol. The molecule has 0 aromatic heterocycles. The SMILES string of the molecule is CC1(C)c2c(-c3ccc(N(c4ccccc4)c4ccccc4)cc3)cccc2-c2c(-c3cc(-c4ccccc4)cc(-c4ccccc4)c3)ccc3cccc1c23. The van der Waals surface area contributed by atoms with Gasteiger partial charge in [-0.05, 0) is 132 Å². The molecule has 0 heterocycles. The van der Waals surface area contributed by atoms with E-state index in [2.05, 4.69) is 231 Å². The lowest BCUT2D eigenvalue weighted by Crippen LogP contribution is -2.25. The molecule has 1 aliphatic carbocycles. The monoisotopic (exact) mass is 715 g/mol. The molecule has 1 aliphatic rings. The first-order chi connectivity index (χ1) is 27.5. The van der Waals surface area contributed by atoms with E-state index in [0.717, 1.165) is 17.1 Å². The van der Waals surface area contributed by atoms with Gasteiger partial charge in [0.1, 0.15) is 0 Å². The lowest BCUT2D eigenvalue weighted by Gasteiger charge is -2.38. The topological polar surface area (TPSA) is 3.24 Å². The average Bonchev–Trinajstić information content (AvgIpc) is 3.27. The van der Waals surface area contributed by atoms with Crippen molar-refractivity contribution in [3.8, 4) is 55.6 Å². The molecule has 0 spiro atoms. The van der Waals surface area contributed by atoms with Gasteiger partial charge in [0.2, 0.25) is 0 Å². The van der Waals surface area contributed by atoms with Crippen molar-refractivity contribution in [2.45, 2.75) is 19.3 Å². The van der Waals surface area contributed by atoms with Crippen molar-refractivity contribution >= 4 is 27.8 Å². The zero-order chi connectivity index (χ0) is 37.6. The van der Waals surface area contributed by atoms with Crippen LogP contribution in [0.25, 0.3) is 66.4 Å². The van der Waals surface area contributed by atoms with Gasteiger partial charge in [-0.2, -0.15) is 0 Å². The molecule has 266 valence electrons. The summed E-state index contributed by atoms with van der Waals surface area (Å²) in [6.45, 7) is 4.81. The third kappa shape index (κ3) is 5.72. The van der Waals surface area contributed by atoms with Crippen LogP contribution in [-0.4, -0.2) is 0 Å². The van der Waals surface area contributed by atoms with Crippen molar-refractivity contribution in [2.24, 2.45) is 0 Å². The van der Waals surface area contributed by atoms with Crippen molar-refractivity contribution in [1.82, 2.24) is 0 Å². The molecule has 56 heavy (non-hydrogen) atoms. The zero-order valence-electron chi connectivity index (χ0n) is 31.7. The molecule has 0 aliphatic heterocycles. The van der Waals surface area contributed by atoms with E-state index in [1.807, 2.05) is 0 Å². The first-order valence-electron chi connectivity index (χ1n) is 19.5. The molecule has 0 radical (unpaired) electrons. The van der Waals surface area contributed by atoms with E-state index in [1.165, 1.54) is 77.5 Å². The largest absolute Gasteiger partial charge is 0.311 e. The van der Waals surface area contributed by atoms with Gasteiger partial charge in [0.25, 0.3) is 0 Å². The Hall–Kier alpha value is -6.96. The summed E-state index contributed by atoms with van der Waals surface area (Å²) in [6, 6.07) is 77.5. The van der Waals surface area contributed by atoms with Crippen molar-refractivity contribution in [2.75, 3.05) is 4.90 Å². The van der Waals surface area contributed by atoms with E-state index in [1.54, 1.807) is 0 Å². The van der Waals surface area contributed by atoms with E-state index in [-0.39, 0.29) is 5.41 Å². The van der Waals surface area contributed by atoms with Crippen LogP contribution in [0.5, 0.6) is 0 Å². The smallest absolute Gasteiger partial charge is 0.0462 e. The summed E-state index contributed by atoms with van der Waals surface area (Å²) in [5.74, 6) is 0. The maximum Gasteiger partial charge on any atom is 0.0462 e. The second-order valence-corrected chi connectivity index (χ2v) is 15.3. The van der Waals surface area contributed by atoms with Gasteiger partial charge < -0.3 is 4.90 Å². The Balaban J connectivity index is 1.17. The number of hydrogen-bond donors (Lipinski definition) is 0. The van der Waals surface area contributed by atoms with Crippen LogP contribution in [-0.2, 0) is 5.41 Å². The molecule has 9 aromatic carbocycles. The summed E-state index contributed by atoms with van der Waals surface area (Å²) in [5.41, 5.74) is 18.3. The molecule has 1 heteroatoms. The molecule has 0 unspecified atom stereocenters. The molecule has 0 amide bonds. The summed E-state index contributed by atoms with van der Waals surface area (Å²) in [4.78, 5) is 2.32. The van der Waals surface area contributed by atoms with Gasteiger partial charge in [0.15, 0.2) is 0 Å². The lowest BCUT2D eigenvalue weighted by atomic mass is 9.65. The molecule has 0 atom stereocenters. The van der Waals surface area contributed by atoms with Crippen LogP contribution < -0.4 is 4.90 Å². The van der Waals surface area contributed by atoms with Gasteiger partial charge in [0.05, 0.1) is 0 Å². The maximum atomic E-state index is 2.41. The average molecular weight is 716 g/mol. The quantitative estimate of drug-likeness (QED) is 0.159. The molecule has 0 saturated carbocycles. The Bertz CT molecular complexity index is 2740. The van der Waals surface area contributed by atoms with Gasteiger partial charge in [-0.25, -0.2) is 0 Å². The highest BCUT2D eigenvalue weighted by Gasteiger charge is 2.36. The zero-order valence-corrected chi connectivity index (χ0v) is 31.7. The molecule has 10 rings (SSSR count). The Morgan fingerprint density at radius 2 is 0.839 bits per heavy atom. The van der Waals surface area contributed by atoms with Gasteiger partial charge in [-0.3, -0.25) is 0 Å². The number of hydrogen-bond acceptors (Lipinski definition) is 1. The number of para-hydroxylation sites is 2. The van der Waals surface area contributed by atoms with Crippen molar-refractivity contribution in [1.29, 1.82) is 0 Å². The Morgan fingerprint density at radius 3 is 1.43 bits per heavy atom. The minimum absolute atomic E-state index is 0.239. The summed E-state index contributed by atoms with van der Waals surface area (Å²) in [7, 11) is 0. The predicted molar refractivity (Wildman–Crippen MR) is 238 cm³/mol. The van der Waals surface area contributed by atoms with Gasteiger partial charge >= 0.3 is 0 Å². The van der Waals surface area contributed by atoms with Crippen LogP contribution in [0.15, 0.2) is 212 Å². The van der Waals surface area contributed by atoms with Gasteiger partial charge in [-0.15, -0.1) is 0 Å². The van der Waals surface area contributed by atoms with E-state index >= 15 is 0 Å². The summed E-state index contributed by atoms with van der Waals surface area (Å²) in [6.07, 6.45) is 0. The molecule has 0 N–H and O–H groups in total. The highest BCUT2D eigenvalue weighted by Crippen LogP contribution is 2.54. The van der Waals surface area contributed by atoms with Gasteiger partial charge in [-0.1, -0.05) is 172 Å². The number of anilines is 3. The second-order valence-electron chi connectivity index (χ2n) is 15.3. The minimum Gasteiger partial charge on any atom is -0.311 e. The number of benzene rings is 9.